The smallest absolute Gasteiger partial charge is 0.275 e. The van der Waals surface area contributed by atoms with Crippen molar-refractivity contribution in [2.75, 3.05) is 11.1 Å². The lowest BCUT2D eigenvalue weighted by molar-refractivity contribution is 0.102. The molecule has 3 N–H and O–H groups in total. The van der Waals surface area contributed by atoms with Crippen LogP contribution >= 0.6 is 11.3 Å². The first-order chi connectivity index (χ1) is 8.47. The number of benzene rings is 1. The van der Waals surface area contributed by atoms with Crippen LogP contribution < -0.4 is 11.1 Å². The Labute approximate surface area is 103 Å². The Morgan fingerprint density at radius 3 is 2.67 bits per heavy atom. The first-order valence-electron chi connectivity index (χ1n) is 4.64. The molecule has 0 fully saturated rings. The van der Waals surface area contributed by atoms with E-state index in [0.29, 0.717) is 12.1 Å². The highest BCUT2D eigenvalue weighted by molar-refractivity contribution is 7.13. The van der Waals surface area contributed by atoms with E-state index < -0.39 is 29.0 Å². The van der Waals surface area contributed by atoms with Crippen molar-refractivity contribution in [2.24, 2.45) is 0 Å². The van der Waals surface area contributed by atoms with E-state index in [2.05, 4.69) is 4.98 Å². The van der Waals surface area contributed by atoms with Crippen LogP contribution in [-0.4, -0.2) is 10.9 Å². The van der Waals surface area contributed by atoms with Gasteiger partial charge in [0.05, 0.1) is 5.69 Å². The van der Waals surface area contributed by atoms with Crippen LogP contribution in [0.1, 0.15) is 10.5 Å². The zero-order chi connectivity index (χ0) is 13.3. The van der Waals surface area contributed by atoms with Crippen LogP contribution in [0, 0.1) is 17.5 Å². The Balaban J connectivity index is 2.27. The summed E-state index contributed by atoms with van der Waals surface area (Å²) in [7, 11) is 0. The number of aromatic nitrogens is 1. The third-order valence-corrected chi connectivity index (χ3v) is 2.67. The van der Waals surface area contributed by atoms with Gasteiger partial charge in [0.25, 0.3) is 5.91 Å². The van der Waals surface area contributed by atoms with Gasteiger partial charge in [-0.15, -0.1) is 11.3 Å². The molecular formula is C10H6F3N3OS. The van der Waals surface area contributed by atoms with Crippen LogP contribution in [0.2, 0.25) is 0 Å². The summed E-state index contributed by atoms with van der Waals surface area (Å²) in [5.74, 6) is -4.52. The van der Waals surface area contributed by atoms with Gasteiger partial charge in [0.15, 0.2) is 16.8 Å². The second kappa shape index (κ2) is 4.65. The molecule has 0 saturated heterocycles. The highest BCUT2D eigenvalue weighted by Crippen LogP contribution is 2.20. The van der Waals surface area contributed by atoms with E-state index in [1.807, 2.05) is 5.32 Å². The van der Waals surface area contributed by atoms with E-state index in [1.54, 1.807) is 0 Å². The molecular weight excluding hydrogens is 267 g/mol. The molecule has 4 nitrogen and oxygen atoms in total. The van der Waals surface area contributed by atoms with E-state index in [0.717, 1.165) is 11.3 Å². The minimum Gasteiger partial charge on any atom is -0.375 e. The molecule has 0 aliphatic carbocycles. The van der Waals surface area contributed by atoms with Crippen molar-refractivity contribution in [2.45, 2.75) is 0 Å². The normalized spacial score (nSPS) is 10.4. The highest BCUT2D eigenvalue weighted by atomic mass is 32.1. The Morgan fingerprint density at radius 1 is 1.33 bits per heavy atom. The molecule has 1 aromatic heterocycles. The maximum Gasteiger partial charge on any atom is 0.275 e. The van der Waals surface area contributed by atoms with Gasteiger partial charge in [0.1, 0.15) is 11.5 Å². The Kier molecular flexibility index (Phi) is 3.19. The summed E-state index contributed by atoms with van der Waals surface area (Å²) in [6.07, 6.45) is 0. The predicted molar refractivity (Wildman–Crippen MR) is 60.8 cm³/mol. The van der Waals surface area contributed by atoms with E-state index in [4.69, 9.17) is 5.73 Å². The summed E-state index contributed by atoms with van der Waals surface area (Å²) in [5, 5.41) is 3.52. The number of nitrogens with one attached hydrogen (secondary N) is 1. The molecule has 0 radical (unpaired) electrons. The van der Waals surface area contributed by atoms with Crippen molar-refractivity contribution in [3.63, 3.8) is 0 Å². The molecule has 0 saturated carbocycles. The second-order valence-corrected chi connectivity index (χ2v) is 4.16. The molecule has 0 atom stereocenters. The number of rotatable bonds is 2. The van der Waals surface area contributed by atoms with Crippen LogP contribution in [0.15, 0.2) is 17.5 Å². The first-order valence-corrected chi connectivity index (χ1v) is 5.52. The SMILES string of the molecule is Nc1nc(C(=O)Nc2cc(F)cc(F)c2F)cs1. The van der Waals surface area contributed by atoms with Gasteiger partial charge in [-0.1, -0.05) is 0 Å². The second-order valence-electron chi connectivity index (χ2n) is 3.27. The zero-order valence-electron chi connectivity index (χ0n) is 8.71. The quantitative estimate of drug-likeness (QED) is 0.825. The standard InChI is InChI=1S/C10H6F3N3OS/c11-4-1-5(12)8(13)6(2-4)15-9(17)7-3-18-10(14)16-7/h1-3H,(H2,14,16)(H,15,17). The third-order valence-electron chi connectivity index (χ3n) is 2.00. The maximum absolute atomic E-state index is 13.3. The van der Waals surface area contributed by atoms with E-state index >= 15 is 0 Å². The van der Waals surface area contributed by atoms with Gasteiger partial charge >= 0.3 is 0 Å². The van der Waals surface area contributed by atoms with Gasteiger partial charge in [-0.25, -0.2) is 18.2 Å². The summed E-state index contributed by atoms with van der Waals surface area (Å²) >= 11 is 1.02. The summed E-state index contributed by atoms with van der Waals surface area (Å²) in [6.45, 7) is 0. The molecule has 0 spiro atoms. The van der Waals surface area contributed by atoms with Gasteiger partial charge in [0.2, 0.25) is 0 Å². The number of amides is 1. The number of anilines is 2. The number of carbonyl (C=O) groups excluding carboxylic acids is 1. The lowest BCUT2D eigenvalue weighted by Gasteiger charge is -2.05. The molecule has 94 valence electrons. The molecule has 8 heteroatoms. The fourth-order valence-corrected chi connectivity index (χ4v) is 1.77. The summed E-state index contributed by atoms with van der Waals surface area (Å²) < 4.78 is 39.0. The summed E-state index contributed by atoms with van der Waals surface area (Å²) in [5.41, 5.74) is 4.67. The van der Waals surface area contributed by atoms with Gasteiger partial charge in [0, 0.05) is 17.5 Å². The van der Waals surface area contributed by atoms with Gasteiger partial charge in [-0.3, -0.25) is 4.79 Å². The molecule has 1 heterocycles. The monoisotopic (exact) mass is 273 g/mol. The van der Waals surface area contributed by atoms with Crippen LogP contribution in [0.4, 0.5) is 24.0 Å². The number of thiazole rings is 1. The lowest BCUT2D eigenvalue weighted by atomic mass is 10.2. The molecule has 1 amide bonds. The first kappa shape index (κ1) is 12.4. The third kappa shape index (κ3) is 2.43. The van der Waals surface area contributed by atoms with Gasteiger partial charge < -0.3 is 11.1 Å². The van der Waals surface area contributed by atoms with Crippen molar-refractivity contribution >= 4 is 28.1 Å². The molecule has 2 rings (SSSR count). The zero-order valence-corrected chi connectivity index (χ0v) is 9.52. The van der Waals surface area contributed by atoms with Crippen molar-refractivity contribution in [3.05, 3.63) is 40.7 Å². The average molecular weight is 273 g/mol. The van der Waals surface area contributed by atoms with E-state index in [1.165, 1.54) is 5.38 Å². The number of hydrogen-bond acceptors (Lipinski definition) is 4. The van der Waals surface area contributed by atoms with Crippen LogP contribution in [0.3, 0.4) is 0 Å². The predicted octanol–water partition coefficient (Wildman–Crippen LogP) is 2.39. The minimum atomic E-state index is -1.39. The molecule has 0 aliphatic rings. The van der Waals surface area contributed by atoms with E-state index in [9.17, 15) is 18.0 Å². The van der Waals surface area contributed by atoms with Crippen molar-refractivity contribution in [1.82, 2.24) is 4.98 Å². The molecule has 0 unspecified atom stereocenters. The number of hydrogen-bond donors (Lipinski definition) is 2. The van der Waals surface area contributed by atoms with Gasteiger partial charge in [-0.05, 0) is 0 Å². The Morgan fingerprint density at radius 2 is 2.06 bits per heavy atom. The highest BCUT2D eigenvalue weighted by Gasteiger charge is 2.16. The van der Waals surface area contributed by atoms with Crippen LogP contribution in [0.5, 0.6) is 0 Å². The Bertz CT molecular complexity index is 614. The number of carbonyl (C=O) groups is 1. The number of halogens is 3. The van der Waals surface area contributed by atoms with Crippen molar-refractivity contribution in [3.8, 4) is 0 Å². The molecule has 18 heavy (non-hydrogen) atoms. The maximum atomic E-state index is 13.3. The van der Waals surface area contributed by atoms with Gasteiger partial charge in [-0.2, -0.15) is 0 Å². The molecule has 2 aromatic rings. The number of nitrogen functional groups attached to an aromatic ring is 1. The lowest BCUT2D eigenvalue weighted by Crippen LogP contribution is -2.14. The number of nitrogens with zero attached hydrogens (tertiary/aromatic N) is 1. The molecule has 0 aliphatic heterocycles. The summed E-state index contributed by atoms with van der Waals surface area (Å²) in [6, 6.07) is 1.05. The molecule has 0 bridgehead atoms. The van der Waals surface area contributed by atoms with E-state index in [-0.39, 0.29) is 10.8 Å². The van der Waals surface area contributed by atoms with Crippen molar-refractivity contribution < 1.29 is 18.0 Å². The minimum absolute atomic E-state index is 0.0541. The summed E-state index contributed by atoms with van der Waals surface area (Å²) in [4.78, 5) is 15.2. The topological polar surface area (TPSA) is 68.0 Å². The van der Waals surface area contributed by atoms with Crippen LogP contribution in [0.25, 0.3) is 0 Å². The Hall–Kier alpha value is -2.09. The largest absolute Gasteiger partial charge is 0.375 e. The van der Waals surface area contributed by atoms with Crippen LogP contribution in [-0.2, 0) is 0 Å². The molecule has 1 aromatic carbocycles. The fraction of sp³-hybridized carbons (Fsp3) is 0. The number of nitrogens with two attached hydrogens (primary N) is 1. The average Bonchev–Trinajstić information content (AvgIpc) is 2.72. The van der Waals surface area contributed by atoms with Crippen molar-refractivity contribution in [1.29, 1.82) is 0 Å². The fourth-order valence-electron chi connectivity index (χ4n) is 1.23.